The van der Waals surface area contributed by atoms with Gasteiger partial charge < -0.3 is 5.11 Å². The summed E-state index contributed by atoms with van der Waals surface area (Å²) in [6.45, 7) is 12.2. The van der Waals surface area contributed by atoms with Gasteiger partial charge in [-0.3, -0.25) is 0 Å². The Balaban J connectivity index is 1.53. The van der Waals surface area contributed by atoms with Crippen LogP contribution in [-0.4, -0.2) is 11.2 Å². The predicted molar refractivity (Wildman–Crippen MR) is 119 cm³/mol. The molecule has 158 valence electrons. The zero-order valence-electron chi connectivity index (χ0n) is 19.1. The Morgan fingerprint density at radius 3 is 2.64 bits per heavy atom. The maximum Gasteiger partial charge on any atom is 0.0579 e. The zero-order valence-corrected chi connectivity index (χ0v) is 19.1. The van der Waals surface area contributed by atoms with Crippen molar-refractivity contribution >= 4 is 0 Å². The van der Waals surface area contributed by atoms with Crippen LogP contribution >= 0.6 is 0 Å². The van der Waals surface area contributed by atoms with Crippen LogP contribution in [0, 0.1) is 46.3 Å². The Hall–Kier alpha value is -0.560. The predicted octanol–water partition coefficient (Wildman–Crippen LogP) is 7.16. The van der Waals surface area contributed by atoms with Gasteiger partial charge >= 0.3 is 0 Å². The zero-order chi connectivity index (χ0) is 20.1. The average Bonchev–Trinajstić information content (AvgIpc) is 2.91. The lowest BCUT2D eigenvalue weighted by Crippen LogP contribution is -2.49. The second kappa shape index (κ2) is 7.60. The first-order chi connectivity index (χ1) is 13.3. The van der Waals surface area contributed by atoms with Crippen molar-refractivity contribution in [2.45, 2.75) is 98.5 Å². The molecule has 0 aromatic rings. The van der Waals surface area contributed by atoms with Crippen LogP contribution in [0.15, 0.2) is 23.8 Å². The fourth-order valence-electron chi connectivity index (χ4n) is 8.40. The van der Waals surface area contributed by atoms with Gasteiger partial charge in [0.2, 0.25) is 0 Å². The highest BCUT2D eigenvalue weighted by molar-refractivity contribution is 5.29. The van der Waals surface area contributed by atoms with Crippen LogP contribution in [0.1, 0.15) is 92.4 Å². The van der Waals surface area contributed by atoms with Gasteiger partial charge in [-0.25, -0.2) is 0 Å². The summed E-state index contributed by atoms with van der Waals surface area (Å²) in [7, 11) is 0. The molecule has 8 atom stereocenters. The Kier molecular flexibility index (Phi) is 5.62. The van der Waals surface area contributed by atoms with Crippen LogP contribution in [0.4, 0.5) is 0 Å². The molecule has 0 saturated heterocycles. The summed E-state index contributed by atoms with van der Waals surface area (Å²) in [5.41, 5.74) is 2.46. The van der Waals surface area contributed by atoms with Crippen molar-refractivity contribution in [3.8, 4) is 0 Å². The topological polar surface area (TPSA) is 20.2 Å². The maximum atomic E-state index is 11.2. The van der Waals surface area contributed by atoms with Crippen LogP contribution in [0.3, 0.4) is 0 Å². The molecule has 1 N–H and O–H groups in total. The molecule has 4 aliphatic rings. The van der Waals surface area contributed by atoms with Crippen molar-refractivity contribution in [1.29, 1.82) is 0 Å². The van der Waals surface area contributed by atoms with Crippen molar-refractivity contribution in [1.82, 2.24) is 0 Å². The van der Waals surface area contributed by atoms with E-state index in [0.29, 0.717) is 22.7 Å². The lowest BCUT2D eigenvalue weighted by molar-refractivity contribution is -0.0509. The minimum atomic E-state index is -0.0766. The van der Waals surface area contributed by atoms with E-state index in [0.717, 1.165) is 30.1 Å². The summed E-state index contributed by atoms with van der Waals surface area (Å²) >= 11 is 0. The van der Waals surface area contributed by atoms with Gasteiger partial charge in [0.1, 0.15) is 0 Å². The van der Waals surface area contributed by atoms with Crippen LogP contribution in [0.25, 0.3) is 0 Å². The second-order valence-corrected chi connectivity index (χ2v) is 11.8. The summed E-state index contributed by atoms with van der Waals surface area (Å²) < 4.78 is 0. The number of hydrogen-bond acceptors (Lipinski definition) is 1. The molecule has 0 spiro atoms. The molecule has 1 nitrogen and oxygen atoms in total. The molecule has 4 rings (SSSR count). The molecule has 0 unspecified atom stereocenters. The van der Waals surface area contributed by atoms with E-state index in [2.05, 4.69) is 52.8 Å². The Morgan fingerprint density at radius 2 is 1.89 bits per heavy atom. The maximum absolute atomic E-state index is 11.2. The molecular weight excluding hydrogens is 340 g/mol. The van der Waals surface area contributed by atoms with E-state index in [1.54, 1.807) is 5.57 Å². The molecule has 0 radical (unpaired) electrons. The highest BCUT2D eigenvalue weighted by atomic mass is 16.3. The molecule has 2 saturated carbocycles. The largest absolute Gasteiger partial charge is 0.393 e. The quantitative estimate of drug-likeness (QED) is 0.498. The standard InChI is InChI=1S/C27H44O/c1-18(2)9-8-10-19(3)25-24(28)17-23-21-13-12-20-11-6-7-15-26(20,4)22(21)14-16-27(23,25)5/h6-7,12,18-19,21-25,28H,8-11,13-17H2,1-5H3/t19-,21-,22+,23+,24+,25+,26+,27+/m1/s1. The van der Waals surface area contributed by atoms with Crippen LogP contribution in [0.2, 0.25) is 0 Å². The van der Waals surface area contributed by atoms with Gasteiger partial charge in [0, 0.05) is 0 Å². The first-order valence-corrected chi connectivity index (χ1v) is 12.3. The minimum absolute atomic E-state index is 0.0766. The highest BCUT2D eigenvalue weighted by Crippen LogP contribution is 2.66. The summed E-state index contributed by atoms with van der Waals surface area (Å²) in [5, 5.41) is 11.2. The van der Waals surface area contributed by atoms with Crippen molar-refractivity contribution in [3.63, 3.8) is 0 Å². The monoisotopic (exact) mass is 384 g/mol. The minimum Gasteiger partial charge on any atom is -0.393 e. The third kappa shape index (κ3) is 3.24. The molecule has 4 aliphatic carbocycles. The first kappa shape index (κ1) is 20.7. The molecule has 0 aromatic heterocycles. The van der Waals surface area contributed by atoms with Gasteiger partial charge in [-0.1, -0.05) is 77.7 Å². The number of rotatable bonds is 5. The number of fused-ring (bicyclic) bond motifs is 5. The van der Waals surface area contributed by atoms with Gasteiger partial charge in [-0.05, 0) is 84.9 Å². The number of aliphatic hydroxyl groups is 1. The second-order valence-electron chi connectivity index (χ2n) is 11.8. The number of hydrogen-bond donors (Lipinski definition) is 1. The Bertz CT molecular complexity index is 630. The lowest BCUT2D eigenvalue weighted by atomic mass is 9.47. The normalized spacial score (nSPS) is 46.0. The van der Waals surface area contributed by atoms with Gasteiger partial charge in [0.05, 0.1) is 6.10 Å². The number of allylic oxidation sites excluding steroid dienone is 4. The average molecular weight is 385 g/mol. The molecule has 0 bridgehead atoms. The van der Waals surface area contributed by atoms with Gasteiger partial charge in [-0.15, -0.1) is 0 Å². The van der Waals surface area contributed by atoms with Crippen LogP contribution < -0.4 is 0 Å². The molecular formula is C27H44O. The van der Waals surface area contributed by atoms with Gasteiger partial charge in [0.15, 0.2) is 0 Å². The van der Waals surface area contributed by atoms with E-state index in [9.17, 15) is 5.11 Å². The van der Waals surface area contributed by atoms with E-state index in [-0.39, 0.29) is 6.10 Å². The van der Waals surface area contributed by atoms with Gasteiger partial charge in [0.25, 0.3) is 0 Å². The van der Waals surface area contributed by atoms with E-state index in [1.807, 2.05) is 0 Å². The van der Waals surface area contributed by atoms with E-state index in [4.69, 9.17) is 0 Å². The molecule has 0 aromatic carbocycles. The van der Waals surface area contributed by atoms with Crippen LogP contribution in [0.5, 0.6) is 0 Å². The first-order valence-electron chi connectivity index (χ1n) is 12.3. The smallest absolute Gasteiger partial charge is 0.0579 e. The summed E-state index contributed by atoms with van der Waals surface area (Å²) in [4.78, 5) is 0. The molecule has 0 amide bonds. The third-order valence-corrected chi connectivity index (χ3v) is 9.83. The SMILES string of the molecule is CC(C)CCC[C@@H](C)[C@H]1[C@@H](O)C[C@H]2[C@@H]3CC=C4CC=CC[C@]4(C)[C@H]3CC[C@]12C. The number of aliphatic hydroxyl groups excluding tert-OH is 1. The van der Waals surface area contributed by atoms with Crippen molar-refractivity contribution < 1.29 is 5.11 Å². The van der Waals surface area contributed by atoms with Crippen molar-refractivity contribution in [2.75, 3.05) is 0 Å². The van der Waals surface area contributed by atoms with E-state index >= 15 is 0 Å². The molecule has 0 heterocycles. The van der Waals surface area contributed by atoms with E-state index < -0.39 is 0 Å². The Labute approximate surface area is 174 Å². The van der Waals surface area contributed by atoms with Crippen LogP contribution in [-0.2, 0) is 0 Å². The molecule has 2 fully saturated rings. The fraction of sp³-hybridized carbons (Fsp3) is 0.852. The third-order valence-electron chi connectivity index (χ3n) is 9.83. The van der Waals surface area contributed by atoms with Gasteiger partial charge in [-0.2, -0.15) is 0 Å². The van der Waals surface area contributed by atoms with Crippen molar-refractivity contribution in [2.24, 2.45) is 46.3 Å². The fourth-order valence-corrected chi connectivity index (χ4v) is 8.40. The lowest BCUT2D eigenvalue weighted by Gasteiger charge is -2.57. The Morgan fingerprint density at radius 1 is 1.11 bits per heavy atom. The van der Waals surface area contributed by atoms with E-state index in [1.165, 1.54) is 51.4 Å². The highest BCUT2D eigenvalue weighted by Gasteiger charge is 2.61. The summed E-state index contributed by atoms with van der Waals surface area (Å²) in [6.07, 6.45) is 18.8. The molecule has 0 aliphatic heterocycles. The van der Waals surface area contributed by atoms with Crippen molar-refractivity contribution in [3.05, 3.63) is 23.8 Å². The molecule has 28 heavy (non-hydrogen) atoms. The summed E-state index contributed by atoms with van der Waals surface area (Å²) in [5.74, 6) is 4.31. The summed E-state index contributed by atoms with van der Waals surface area (Å²) in [6, 6.07) is 0. The molecule has 1 heteroatoms.